The van der Waals surface area contributed by atoms with Gasteiger partial charge in [0, 0.05) is 0 Å². The molecule has 14 heavy (non-hydrogen) atoms. The van der Waals surface area contributed by atoms with Crippen LogP contribution in [-0.4, -0.2) is 0 Å². The van der Waals surface area contributed by atoms with E-state index in [0.29, 0.717) is 0 Å². The molecule has 74 valence electrons. The molecule has 0 amide bonds. The Morgan fingerprint density at radius 1 is 1.14 bits per heavy atom. The highest BCUT2D eigenvalue weighted by molar-refractivity contribution is 5.70. The zero-order valence-electron chi connectivity index (χ0n) is 9.46. The van der Waals surface area contributed by atoms with Crippen molar-refractivity contribution in [2.75, 3.05) is 0 Å². The van der Waals surface area contributed by atoms with Crippen LogP contribution in [0.5, 0.6) is 0 Å². The van der Waals surface area contributed by atoms with E-state index in [4.69, 9.17) is 0 Å². The second-order valence-electron chi connectivity index (χ2n) is 3.64. The first kappa shape index (κ1) is 10.8. The number of allylic oxidation sites excluding steroid dienone is 4. The summed E-state index contributed by atoms with van der Waals surface area (Å²) in [4.78, 5) is 0. The van der Waals surface area contributed by atoms with E-state index in [9.17, 15) is 0 Å². The van der Waals surface area contributed by atoms with Crippen LogP contribution >= 0.6 is 0 Å². The van der Waals surface area contributed by atoms with Crippen LogP contribution in [0.3, 0.4) is 0 Å². The number of benzene rings is 1. The molecule has 0 atom stereocenters. The summed E-state index contributed by atoms with van der Waals surface area (Å²) < 4.78 is 0. The molecule has 0 radical (unpaired) electrons. The molecule has 0 aliphatic carbocycles. The summed E-state index contributed by atoms with van der Waals surface area (Å²) >= 11 is 0. The Kier molecular flexibility index (Phi) is 3.70. The van der Waals surface area contributed by atoms with Crippen molar-refractivity contribution < 1.29 is 0 Å². The highest BCUT2D eigenvalue weighted by Crippen LogP contribution is 2.22. The van der Waals surface area contributed by atoms with Crippen LogP contribution < -0.4 is 0 Å². The second-order valence-corrected chi connectivity index (χ2v) is 3.64. The molecule has 0 fully saturated rings. The molecular formula is C14H18. The zero-order chi connectivity index (χ0) is 10.6. The number of hydrogen-bond acceptors (Lipinski definition) is 0. The second kappa shape index (κ2) is 4.80. The van der Waals surface area contributed by atoms with Gasteiger partial charge in [0.1, 0.15) is 0 Å². The lowest BCUT2D eigenvalue weighted by atomic mass is 9.96. The minimum absolute atomic E-state index is 1.33. The van der Waals surface area contributed by atoms with Crippen molar-refractivity contribution in [3.63, 3.8) is 0 Å². The van der Waals surface area contributed by atoms with Gasteiger partial charge < -0.3 is 0 Å². The zero-order valence-corrected chi connectivity index (χ0v) is 9.46. The largest absolute Gasteiger partial charge is 0.0877 e. The molecule has 0 heterocycles. The van der Waals surface area contributed by atoms with Gasteiger partial charge in [-0.15, -0.1) is 0 Å². The molecule has 0 aromatic heterocycles. The molecule has 0 aliphatic rings. The molecule has 0 saturated heterocycles. The summed E-state index contributed by atoms with van der Waals surface area (Å²) in [5.41, 5.74) is 5.41. The van der Waals surface area contributed by atoms with Crippen molar-refractivity contribution in [2.45, 2.75) is 27.7 Å². The van der Waals surface area contributed by atoms with Crippen molar-refractivity contribution in [1.82, 2.24) is 0 Å². The van der Waals surface area contributed by atoms with E-state index in [0.717, 1.165) is 0 Å². The maximum absolute atomic E-state index is 2.16. The molecule has 0 unspecified atom stereocenters. The van der Waals surface area contributed by atoms with Crippen molar-refractivity contribution in [3.05, 3.63) is 53.1 Å². The molecular weight excluding hydrogens is 168 g/mol. The lowest BCUT2D eigenvalue weighted by molar-refractivity contribution is 1.33. The lowest BCUT2D eigenvalue weighted by Crippen LogP contribution is -1.89. The smallest absolute Gasteiger partial charge is 0.0169 e. The minimum Gasteiger partial charge on any atom is -0.0877 e. The molecule has 0 heteroatoms. The van der Waals surface area contributed by atoms with E-state index in [2.05, 4.69) is 57.2 Å². The molecule has 0 saturated carbocycles. The molecule has 1 rings (SSSR count). The Labute approximate surface area is 87.0 Å². The fourth-order valence-electron chi connectivity index (χ4n) is 1.76. The van der Waals surface area contributed by atoms with Gasteiger partial charge in [0.25, 0.3) is 0 Å². The van der Waals surface area contributed by atoms with E-state index >= 15 is 0 Å². The summed E-state index contributed by atoms with van der Waals surface area (Å²) in [5.74, 6) is 0. The average Bonchev–Trinajstić information content (AvgIpc) is 2.14. The van der Waals surface area contributed by atoms with Crippen LogP contribution in [0.15, 0.2) is 36.4 Å². The third-order valence-electron chi connectivity index (χ3n) is 2.41. The maximum Gasteiger partial charge on any atom is -0.0169 e. The number of aryl methyl sites for hydroxylation is 2. The Bertz CT molecular complexity index is 347. The third-order valence-corrected chi connectivity index (χ3v) is 2.41. The first-order valence-electron chi connectivity index (χ1n) is 5.03. The molecule has 0 aliphatic heterocycles. The predicted molar refractivity (Wildman–Crippen MR) is 64.4 cm³/mol. The van der Waals surface area contributed by atoms with Crippen LogP contribution in [0.2, 0.25) is 0 Å². The topological polar surface area (TPSA) is 0 Å². The quantitative estimate of drug-likeness (QED) is 0.605. The first-order valence-corrected chi connectivity index (χ1v) is 5.03. The normalized spacial score (nSPS) is 12.4. The lowest BCUT2D eigenvalue weighted by Gasteiger charge is -2.09. The predicted octanol–water partition coefficient (Wildman–Crippen LogP) is 4.28. The molecule has 0 nitrogen and oxygen atoms in total. The van der Waals surface area contributed by atoms with Crippen molar-refractivity contribution in [2.24, 2.45) is 0 Å². The van der Waals surface area contributed by atoms with E-state index in [1.807, 2.05) is 6.92 Å². The standard InChI is InChI=1S/C14H18/c1-5-6-8-11(2)14-12(3)9-7-10-13(14)4/h5-10H,1-4H3/b6-5+,11-8-. The fraction of sp³-hybridized carbons (Fsp3) is 0.286. The Morgan fingerprint density at radius 3 is 2.21 bits per heavy atom. The number of rotatable bonds is 2. The summed E-state index contributed by atoms with van der Waals surface area (Å²) in [7, 11) is 0. The van der Waals surface area contributed by atoms with Crippen molar-refractivity contribution >= 4 is 5.57 Å². The summed E-state index contributed by atoms with van der Waals surface area (Å²) in [6, 6.07) is 6.43. The van der Waals surface area contributed by atoms with Crippen molar-refractivity contribution in [1.29, 1.82) is 0 Å². The van der Waals surface area contributed by atoms with Gasteiger partial charge in [-0.1, -0.05) is 36.4 Å². The first-order chi connectivity index (χ1) is 6.66. The average molecular weight is 186 g/mol. The van der Waals surface area contributed by atoms with Gasteiger partial charge in [-0.3, -0.25) is 0 Å². The van der Waals surface area contributed by atoms with Gasteiger partial charge in [0.05, 0.1) is 0 Å². The third kappa shape index (κ3) is 2.35. The SMILES string of the molecule is C/C=C/C=C(/C)c1c(C)cccc1C. The maximum atomic E-state index is 2.16. The molecule has 1 aromatic rings. The summed E-state index contributed by atoms with van der Waals surface area (Å²) in [6.07, 6.45) is 6.30. The summed E-state index contributed by atoms with van der Waals surface area (Å²) in [5, 5.41) is 0. The Morgan fingerprint density at radius 2 is 1.71 bits per heavy atom. The number of hydrogen-bond donors (Lipinski definition) is 0. The van der Waals surface area contributed by atoms with Crippen LogP contribution in [-0.2, 0) is 0 Å². The monoisotopic (exact) mass is 186 g/mol. The van der Waals surface area contributed by atoms with Crippen LogP contribution in [0.25, 0.3) is 5.57 Å². The Balaban J connectivity index is 3.18. The Hall–Kier alpha value is -1.30. The van der Waals surface area contributed by atoms with Crippen LogP contribution in [0, 0.1) is 13.8 Å². The van der Waals surface area contributed by atoms with Crippen LogP contribution in [0.4, 0.5) is 0 Å². The fourth-order valence-corrected chi connectivity index (χ4v) is 1.76. The van der Waals surface area contributed by atoms with Gasteiger partial charge >= 0.3 is 0 Å². The van der Waals surface area contributed by atoms with E-state index < -0.39 is 0 Å². The van der Waals surface area contributed by atoms with Gasteiger partial charge in [0.15, 0.2) is 0 Å². The minimum atomic E-state index is 1.33. The van der Waals surface area contributed by atoms with Gasteiger partial charge in [0.2, 0.25) is 0 Å². The molecule has 1 aromatic carbocycles. The van der Waals surface area contributed by atoms with Gasteiger partial charge in [-0.2, -0.15) is 0 Å². The van der Waals surface area contributed by atoms with E-state index in [1.54, 1.807) is 0 Å². The summed E-state index contributed by atoms with van der Waals surface area (Å²) in [6.45, 7) is 8.52. The molecule has 0 spiro atoms. The highest BCUT2D eigenvalue weighted by atomic mass is 14.1. The molecule has 0 N–H and O–H groups in total. The molecule has 0 bridgehead atoms. The van der Waals surface area contributed by atoms with Crippen molar-refractivity contribution in [3.8, 4) is 0 Å². The highest BCUT2D eigenvalue weighted by Gasteiger charge is 2.02. The van der Waals surface area contributed by atoms with E-state index in [-0.39, 0.29) is 0 Å². The van der Waals surface area contributed by atoms with Crippen LogP contribution in [0.1, 0.15) is 30.5 Å². The van der Waals surface area contributed by atoms with Gasteiger partial charge in [-0.25, -0.2) is 0 Å². The van der Waals surface area contributed by atoms with E-state index in [1.165, 1.54) is 22.3 Å². The van der Waals surface area contributed by atoms with Gasteiger partial charge in [-0.05, 0) is 50.0 Å².